The zero-order valence-corrected chi connectivity index (χ0v) is 17.2. The van der Waals surface area contributed by atoms with Crippen molar-refractivity contribution in [1.82, 2.24) is 0 Å². The van der Waals surface area contributed by atoms with E-state index in [1.54, 1.807) is 21.3 Å². The van der Waals surface area contributed by atoms with E-state index >= 15 is 0 Å². The number of thiol groups is 1. The molecule has 0 saturated carbocycles. The quantitative estimate of drug-likeness (QED) is 0.379. The summed E-state index contributed by atoms with van der Waals surface area (Å²) in [7, 11) is -0.770. The normalized spacial score (nSPS) is 14.8. The molecule has 22 heavy (non-hydrogen) atoms. The van der Waals surface area contributed by atoms with E-state index in [2.05, 4.69) is 6.92 Å². The van der Waals surface area contributed by atoms with Crippen LogP contribution in [0.1, 0.15) is 34.1 Å². The average Bonchev–Trinajstić information content (AvgIpc) is 2.53. The molecule has 138 valence electrons. The summed E-state index contributed by atoms with van der Waals surface area (Å²) in [5.74, 6) is 1.46. The van der Waals surface area contributed by atoms with Gasteiger partial charge in [-0.1, -0.05) is 16.9 Å². The van der Waals surface area contributed by atoms with Crippen molar-refractivity contribution in [2.75, 3.05) is 52.7 Å². The van der Waals surface area contributed by atoms with E-state index in [1.165, 1.54) is 0 Å². The van der Waals surface area contributed by atoms with Crippen molar-refractivity contribution < 1.29 is 25.8 Å². The van der Waals surface area contributed by atoms with E-state index in [0.29, 0.717) is 25.9 Å². The molecule has 0 fully saturated rings. The van der Waals surface area contributed by atoms with E-state index in [-0.39, 0.29) is 0 Å². The Bertz CT molecular complexity index is 273. The molecule has 0 aliphatic heterocycles. The molecule has 0 radical (unpaired) electrons. The highest BCUT2D eigenvalue weighted by molar-refractivity contribution is 8.38. The van der Waals surface area contributed by atoms with Gasteiger partial charge in [0.2, 0.25) is 0 Å². The second kappa shape index (κ2) is 10.2. The van der Waals surface area contributed by atoms with Gasteiger partial charge in [-0.2, -0.15) is 0 Å². The Morgan fingerprint density at radius 3 is 1.41 bits per heavy atom. The molecular weight excluding hydrogens is 324 g/mol. The van der Waals surface area contributed by atoms with Crippen LogP contribution < -0.4 is 0 Å². The van der Waals surface area contributed by atoms with E-state index < -0.39 is 18.8 Å². The summed E-state index contributed by atoms with van der Waals surface area (Å²) in [6, 6.07) is 0.710. The minimum Gasteiger partial charge on any atom is -0.377 e. The average molecular weight is 361 g/mol. The lowest BCUT2D eigenvalue weighted by molar-refractivity contribution is 0.123. The van der Waals surface area contributed by atoms with Gasteiger partial charge < -0.3 is 25.8 Å². The van der Waals surface area contributed by atoms with Crippen molar-refractivity contribution in [2.24, 2.45) is 0 Å². The van der Waals surface area contributed by atoms with Gasteiger partial charge in [-0.25, -0.2) is 0 Å². The fourth-order valence-corrected chi connectivity index (χ4v) is 8.75. The second-order valence-electron chi connectivity index (χ2n) is 4.91. The monoisotopic (exact) mass is 360 g/mol. The molecule has 0 aromatic rings. The molecule has 0 amide bonds. The van der Waals surface area contributed by atoms with Gasteiger partial charge in [0, 0.05) is 38.9 Å². The van der Waals surface area contributed by atoms with Gasteiger partial charge in [0.25, 0.3) is 0 Å². The topological polar surface area (TPSA) is 55.4 Å². The first-order valence-corrected chi connectivity index (χ1v) is 12.4. The molecule has 0 aliphatic carbocycles. The van der Waals surface area contributed by atoms with Gasteiger partial charge in [0.05, 0.1) is 19.8 Å². The highest BCUT2D eigenvalue weighted by atomic mass is 32.3. The maximum Gasteiger partial charge on any atom is 0.500 e. The third-order valence-electron chi connectivity index (χ3n) is 3.87. The van der Waals surface area contributed by atoms with Crippen LogP contribution >= 0.6 is 10.0 Å². The first kappa shape index (κ1) is 22.3. The van der Waals surface area contributed by atoms with Gasteiger partial charge >= 0.3 is 8.80 Å². The summed E-state index contributed by atoms with van der Waals surface area (Å²) in [5, 5.41) is 0. The fourth-order valence-electron chi connectivity index (χ4n) is 2.76. The zero-order chi connectivity index (χ0) is 17.1. The lowest BCUT2D eigenvalue weighted by Gasteiger charge is -2.60. The smallest absolute Gasteiger partial charge is 0.377 e. The predicted octanol–water partition coefficient (Wildman–Crippen LogP) is 3.20. The van der Waals surface area contributed by atoms with Crippen molar-refractivity contribution in [3.63, 3.8) is 0 Å². The highest BCUT2D eigenvalue weighted by Crippen LogP contribution is 2.72. The molecule has 0 bridgehead atoms. The Kier molecular flexibility index (Phi) is 10.4. The largest absolute Gasteiger partial charge is 0.500 e. The Morgan fingerprint density at radius 1 is 0.727 bits per heavy atom. The van der Waals surface area contributed by atoms with Crippen LogP contribution in [0.2, 0.25) is 6.04 Å². The number of hydrogen-bond donors (Lipinski definition) is 1. The van der Waals surface area contributed by atoms with E-state index in [1.807, 2.05) is 20.8 Å². The summed E-state index contributed by atoms with van der Waals surface area (Å²) in [4.78, 5) is 0. The van der Waals surface area contributed by atoms with Gasteiger partial charge in [0.1, 0.15) is 0 Å². The van der Waals surface area contributed by atoms with E-state index in [9.17, 15) is 0 Å². The maximum atomic E-state index is 6.14. The molecule has 0 spiro atoms. The minimum absolute atomic E-state index is 0.576. The maximum absolute atomic E-state index is 6.14. The van der Waals surface area contributed by atoms with Crippen molar-refractivity contribution in [3.8, 4) is 0 Å². The molecule has 0 saturated heterocycles. The number of rotatable bonds is 14. The van der Waals surface area contributed by atoms with Crippen molar-refractivity contribution in [3.05, 3.63) is 0 Å². The lowest BCUT2D eigenvalue weighted by Crippen LogP contribution is -2.43. The summed E-state index contributed by atoms with van der Waals surface area (Å²) in [5.41, 5.74) is 0. The van der Waals surface area contributed by atoms with Crippen LogP contribution in [0.4, 0.5) is 0 Å². The molecular formula is C14H36O6SSi. The Hall–Kier alpha value is 0.327. The van der Waals surface area contributed by atoms with Crippen LogP contribution in [-0.4, -0.2) is 61.5 Å². The summed E-state index contributed by atoms with van der Waals surface area (Å²) in [6.45, 7) is 9.74. The predicted molar refractivity (Wildman–Crippen MR) is 95.5 cm³/mol. The van der Waals surface area contributed by atoms with Gasteiger partial charge in [-0.05, 0) is 27.2 Å². The Labute approximate surface area is 138 Å². The minimum atomic E-state index is -3.09. The van der Waals surface area contributed by atoms with E-state index in [4.69, 9.17) is 25.8 Å². The molecule has 0 N–H and O–H groups in total. The third-order valence-corrected chi connectivity index (χ3v) is 11.6. The molecule has 6 nitrogen and oxygen atoms in total. The summed E-state index contributed by atoms with van der Waals surface area (Å²) in [6.07, 6.45) is 0.813. The van der Waals surface area contributed by atoms with Gasteiger partial charge in [0.15, 0.2) is 0 Å². The molecule has 0 atom stereocenters. The van der Waals surface area contributed by atoms with Crippen LogP contribution in [0.3, 0.4) is 0 Å². The molecule has 0 heterocycles. The third kappa shape index (κ3) is 5.45. The SMILES string of the molecule is CCO[SH](CC)(CCC[Si](OC)(OC)OC)(OCC)OCC. The summed E-state index contributed by atoms with van der Waals surface area (Å²) >= 11 is 0. The molecule has 8 heteroatoms. The van der Waals surface area contributed by atoms with Crippen LogP contribution in [0.15, 0.2) is 0 Å². The van der Waals surface area contributed by atoms with Crippen molar-refractivity contribution in [2.45, 2.75) is 40.2 Å². The van der Waals surface area contributed by atoms with Gasteiger partial charge in [-0.3, -0.25) is 0 Å². The van der Waals surface area contributed by atoms with Crippen molar-refractivity contribution in [1.29, 1.82) is 0 Å². The van der Waals surface area contributed by atoms with E-state index in [0.717, 1.165) is 17.9 Å². The Balaban J connectivity index is 5.13. The summed E-state index contributed by atoms with van der Waals surface area (Å²) < 4.78 is 34.9. The van der Waals surface area contributed by atoms with Crippen LogP contribution in [0, 0.1) is 0 Å². The van der Waals surface area contributed by atoms with Gasteiger partial charge in [-0.15, -0.1) is 0 Å². The molecule has 0 rings (SSSR count). The standard InChI is InChI=1S/C14H36O6SSi/c1-8-18-21(11-4,19-9-2,20-10-3)13-12-14-22(15-5,16-6)17-7/h21H,8-14H2,1-7H3. The first-order chi connectivity index (χ1) is 10.4. The Morgan fingerprint density at radius 2 is 1.14 bits per heavy atom. The molecule has 0 unspecified atom stereocenters. The van der Waals surface area contributed by atoms with Crippen molar-refractivity contribution >= 4 is 18.8 Å². The first-order valence-electron chi connectivity index (χ1n) is 8.07. The fraction of sp³-hybridized carbons (Fsp3) is 1.00. The second-order valence-corrected chi connectivity index (χ2v) is 12.3. The molecule has 0 aromatic carbocycles. The highest BCUT2D eigenvalue weighted by Gasteiger charge is 2.43. The van der Waals surface area contributed by atoms with Crippen LogP contribution in [0.5, 0.6) is 0 Å². The van der Waals surface area contributed by atoms with Crippen LogP contribution in [-0.2, 0) is 25.8 Å². The zero-order valence-electron chi connectivity index (χ0n) is 15.3. The van der Waals surface area contributed by atoms with Crippen LogP contribution in [0.25, 0.3) is 0 Å². The number of hydrogen-bond acceptors (Lipinski definition) is 6. The molecule has 0 aliphatic rings. The molecule has 0 aromatic heterocycles. The lowest BCUT2D eigenvalue weighted by atomic mass is 10.6.